The van der Waals surface area contributed by atoms with Gasteiger partial charge >= 0.3 is 0 Å². The van der Waals surface area contributed by atoms with Crippen LogP contribution in [0.4, 0.5) is 0 Å². The van der Waals surface area contributed by atoms with Gasteiger partial charge in [-0.3, -0.25) is 0 Å². The van der Waals surface area contributed by atoms with E-state index in [-0.39, 0.29) is 37.4 Å². The Bertz CT molecular complexity index is 309. The Morgan fingerprint density at radius 3 is 1.15 bits per heavy atom. The minimum Gasteiger partial charge on any atom is -0.396 e. The summed E-state index contributed by atoms with van der Waals surface area (Å²) in [5.41, 5.74) is 12.5. The minimum atomic E-state index is -0.378. The van der Waals surface area contributed by atoms with E-state index in [1.165, 1.54) is 0 Å². The van der Waals surface area contributed by atoms with Crippen LogP contribution in [-0.4, -0.2) is 58.9 Å². The highest BCUT2D eigenvalue weighted by Gasteiger charge is 2.46. The third-order valence-corrected chi connectivity index (χ3v) is 6.10. The summed E-state index contributed by atoms with van der Waals surface area (Å²) in [5.74, 6) is 0. The fraction of sp³-hybridized carbons (Fsp3) is 1.00. The molecule has 6 nitrogen and oxygen atoms in total. The van der Waals surface area contributed by atoms with Gasteiger partial charge < -0.3 is 31.9 Å². The molecule has 0 spiro atoms. The molecule has 0 bridgehead atoms. The van der Waals surface area contributed by atoms with Gasteiger partial charge in [0.2, 0.25) is 0 Å². The molecule has 0 amide bonds. The van der Waals surface area contributed by atoms with Gasteiger partial charge in [-0.15, -0.1) is 0 Å². The quantitative estimate of drug-likeness (QED) is 0.176. The van der Waals surface area contributed by atoms with E-state index < -0.39 is 0 Å². The van der Waals surface area contributed by atoms with Crippen molar-refractivity contribution in [1.82, 2.24) is 0 Å². The van der Waals surface area contributed by atoms with E-state index in [0.717, 1.165) is 89.9 Å². The van der Waals surface area contributed by atoms with Gasteiger partial charge in [-0.25, -0.2) is 0 Å². The molecular weight excluding hydrogens is 344 g/mol. The van der Waals surface area contributed by atoms with E-state index in [1.54, 1.807) is 0 Å². The van der Waals surface area contributed by atoms with Crippen LogP contribution >= 0.6 is 0 Å². The number of aliphatic hydroxyl groups excluding tert-OH is 4. The van der Waals surface area contributed by atoms with Crippen LogP contribution in [0.2, 0.25) is 0 Å². The SMILES string of the molecule is NCCCC(CCCCO)(CCCCO)C(N)(CCCCO)CCCCO. The maximum Gasteiger partial charge on any atom is 0.0431 e. The van der Waals surface area contributed by atoms with Crippen molar-refractivity contribution in [2.24, 2.45) is 16.9 Å². The lowest BCUT2D eigenvalue weighted by atomic mass is 9.58. The van der Waals surface area contributed by atoms with Crippen LogP contribution in [0.1, 0.15) is 89.9 Å². The molecule has 0 saturated carbocycles. The van der Waals surface area contributed by atoms with Crippen LogP contribution in [-0.2, 0) is 0 Å². The predicted octanol–water partition coefficient (Wildman–Crippen LogP) is 2.06. The molecule has 0 saturated heterocycles. The van der Waals surface area contributed by atoms with Crippen molar-refractivity contribution < 1.29 is 20.4 Å². The van der Waals surface area contributed by atoms with E-state index in [9.17, 15) is 20.4 Å². The lowest BCUT2D eigenvalue weighted by molar-refractivity contribution is 0.0482. The third kappa shape index (κ3) is 10.2. The molecule has 0 atom stereocenters. The summed E-state index contributed by atoms with van der Waals surface area (Å²) in [7, 11) is 0. The lowest BCUT2D eigenvalue weighted by Crippen LogP contribution is -2.56. The fourth-order valence-corrected chi connectivity index (χ4v) is 4.47. The second-order valence-electron chi connectivity index (χ2n) is 8.05. The van der Waals surface area contributed by atoms with Crippen molar-refractivity contribution in [3.63, 3.8) is 0 Å². The molecule has 0 aromatic rings. The lowest BCUT2D eigenvalue weighted by Gasteiger charge is -2.50. The summed E-state index contributed by atoms with van der Waals surface area (Å²) in [4.78, 5) is 0. The molecular formula is C21H46N2O4. The Labute approximate surface area is 166 Å². The molecule has 8 N–H and O–H groups in total. The van der Waals surface area contributed by atoms with Crippen LogP contribution in [0.5, 0.6) is 0 Å². The highest BCUT2D eigenvalue weighted by molar-refractivity contribution is 5.02. The number of nitrogens with two attached hydrogens (primary N) is 2. The molecule has 0 heterocycles. The molecule has 0 radical (unpaired) electrons. The van der Waals surface area contributed by atoms with Crippen molar-refractivity contribution in [3.8, 4) is 0 Å². The van der Waals surface area contributed by atoms with Crippen molar-refractivity contribution in [2.45, 2.75) is 95.4 Å². The number of hydrogen-bond donors (Lipinski definition) is 6. The van der Waals surface area contributed by atoms with Gasteiger partial charge in [0.25, 0.3) is 0 Å². The van der Waals surface area contributed by atoms with Crippen LogP contribution < -0.4 is 11.5 Å². The van der Waals surface area contributed by atoms with Crippen molar-refractivity contribution in [2.75, 3.05) is 33.0 Å². The maximum absolute atomic E-state index is 9.26. The second-order valence-corrected chi connectivity index (χ2v) is 8.05. The first kappa shape index (κ1) is 26.8. The number of rotatable bonds is 20. The van der Waals surface area contributed by atoms with Crippen LogP contribution in [0.25, 0.3) is 0 Å². The van der Waals surface area contributed by atoms with E-state index >= 15 is 0 Å². The average molecular weight is 391 g/mol. The molecule has 27 heavy (non-hydrogen) atoms. The summed E-state index contributed by atoms with van der Waals surface area (Å²) in [6.45, 7) is 1.37. The molecule has 0 aliphatic rings. The van der Waals surface area contributed by atoms with E-state index in [4.69, 9.17) is 11.5 Å². The Hall–Kier alpha value is -0.240. The molecule has 164 valence electrons. The zero-order valence-corrected chi connectivity index (χ0v) is 17.4. The molecule has 0 aromatic heterocycles. The minimum absolute atomic E-state index is 0.0817. The predicted molar refractivity (Wildman–Crippen MR) is 111 cm³/mol. The van der Waals surface area contributed by atoms with Gasteiger partial charge in [-0.1, -0.05) is 12.8 Å². The molecule has 0 fully saturated rings. The number of aliphatic hydroxyl groups is 4. The van der Waals surface area contributed by atoms with E-state index in [2.05, 4.69) is 0 Å². The Kier molecular flexibility index (Phi) is 16.5. The van der Waals surface area contributed by atoms with Gasteiger partial charge in [0.15, 0.2) is 0 Å². The standard InChI is InChI=1S/C21H46N2O4/c22-15-9-12-20(10-1-5-16-24,11-2-6-17-25)21(23,13-3-7-18-26)14-4-8-19-27/h24-27H,1-19,22-23H2. The molecule has 0 aromatic carbocycles. The van der Waals surface area contributed by atoms with Crippen LogP contribution in [0, 0.1) is 5.41 Å². The monoisotopic (exact) mass is 390 g/mol. The van der Waals surface area contributed by atoms with Gasteiger partial charge in [0.1, 0.15) is 0 Å². The first-order valence-electron chi connectivity index (χ1n) is 11.0. The first-order chi connectivity index (χ1) is 13.1. The summed E-state index contributed by atoms with van der Waals surface area (Å²) in [6.07, 6.45) is 12.1. The Morgan fingerprint density at radius 2 is 0.815 bits per heavy atom. The number of unbranched alkanes of at least 4 members (excludes halogenated alkanes) is 4. The average Bonchev–Trinajstić information content (AvgIpc) is 2.66. The first-order valence-corrected chi connectivity index (χ1v) is 11.0. The van der Waals surface area contributed by atoms with E-state index in [0.29, 0.717) is 6.54 Å². The highest BCUT2D eigenvalue weighted by atomic mass is 16.3. The van der Waals surface area contributed by atoms with Gasteiger partial charge in [0.05, 0.1) is 0 Å². The molecule has 0 aliphatic heterocycles. The second kappa shape index (κ2) is 16.7. The largest absolute Gasteiger partial charge is 0.396 e. The zero-order valence-electron chi connectivity index (χ0n) is 17.4. The van der Waals surface area contributed by atoms with Crippen LogP contribution in [0.15, 0.2) is 0 Å². The summed E-state index contributed by atoms with van der Waals surface area (Å²) < 4.78 is 0. The van der Waals surface area contributed by atoms with E-state index in [1.807, 2.05) is 0 Å². The van der Waals surface area contributed by atoms with Gasteiger partial charge in [-0.05, 0) is 89.0 Å². The van der Waals surface area contributed by atoms with Crippen molar-refractivity contribution in [1.29, 1.82) is 0 Å². The maximum atomic E-state index is 9.26. The zero-order chi connectivity index (χ0) is 20.4. The van der Waals surface area contributed by atoms with Gasteiger partial charge in [0, 0.05) is 32.0 Å². The molecule has 0 unspecified atom stereocenters. The Morgan fingerprint density at radius 1 is 0.481 bits per heavy atom. The molecule has 0 aliphatic carbocycles. The van der Waals surface area contributed by atoms with Crippen molar-refractivity contribution in [3.05, 3.63) is 0 Å². The molecule has 0 rings (SSSR count). The van der Waals surface area contributed by atoms with Crippen LogP contribution in [0.3, 0.4) is 0 Å². The molecule has 6 heteroatoms. The fourth-order valence-electron chi connectivity index (χ4n) is 4.47. The van der Waals surface area contributed by atoms with Crippen molar-refractivity contribution >= 4 is 0 Å². The van der Waals surface area contributed by atoms with Gasteiger partial charge in [-0.2, -0.15) is 0 Å². The smallest absolute Gasteiger partial charge is 0.0431 e. The summed E-state index contributed by atoms with van der Waals surface area (Å²) >= 11 is 0. The summed E-state index contributed by atoms with van der Waals surface area (Å²) in [6, 6.07) is 0. The summed E-state index contributed by atoms with van der Waals surface area (Å²) in [5, 5.41) is 37.0. The number of hydrogen-bond acceptors (Lipinski definition) is 6. The third-order valence-electron chi connectivity index (χ3n) is 6.10. The topological polar surface area (TPSA) is 133 Å². The normalized spacial score (nSPS) is 12.7. The highest BCUT2D eigenvalue weighted by Crippen LogP contribution is 2.48. The Balaban J connectivity index is 5.58.